The molecule has 0 fully saturated rings. The molecule has 0 aliphatic carbocycles. The Balaban J connectivity index is 2.02. The molecule has 1 aromatic heterocycles. The van der Waals surface area contributed by atoms with Gasteiger partial charge in [-0.15, -0.1) is 0 Å². The molecule has 0 aliphatic rings. The number of nitrogens with one attached hydrogen (secondary N) is 1. The number of hydrogen-bond acceptors (Lipinski definition) is 3. The number of hydrogen-bond donors (Lipinski definition) is 1. The number of imidazole rings is 1. The Morgan fingerprint density at radius 1 is 0.818 bits per heavy atom. The average molecular weight is 290 g/mol. The first-order chi connectivity index (χ1) is 10.8. The third-order valence-electron chi connectivity index (χ3n) is 3.43. The molecule has 3 aromatic rings. The molecular weight excluding hydrogens is 276 g/mol. The number of carbonyl (C=O) groups excluding carboxylic acids is 2. The molecule has 0 spiro atoms. The van der Waals surface area contributed by atoms with E-state index in [2.05, 4.69) is 9.97 Å². The summed E-state index contributed by atoms with van der Waals surface area (Å²) in [4.78, 5) is 32.6. The van der Waals surface area contributed by atoms with Crippen LogP contribution in [0, 0.1) is 0 Å². The fourth-order valence-corrected chi connectivity index (χ4v) is 2.34. The lowest BCUT2D eigenvalue weighted by Crippen LogP contribution is -2.23. The second-order valence-electron chi connectivity index (χ2n) is 4.87. The molecule has 2 aromatic carbocycles. The largest absolute Gasteiger partial charge is 0.348 e. The topological polar surface area (TPSA) is 62.8 Å². The maximum atomic E-state index is 12.8. The van der Waals surface area contributed by atoms with Crippen molar-refractivity contribution in [3.05, 3.63) is 90.0 Å². The van der Waals surface area contributed by atoms with Crippen molar-refractivity contribution in [1.82, 2.24) is 9.97 Å². The molecule has 22 heavy (non-hydrogen) atoms. The number of benzene rings is 2. The van der Waals surface area contributed by atoms with Crippen molar-refractivity contribution < 1.29 is 9.59 Å². The van der Waals surface area contributed by atoms with Gasteiger partial charge in [0, 0.05) is 23.5 Å². The van der Waals surface area contributed by atoms with Crippen molar-refractivity contribution in [1.29, 1.82) is 0 Å². The fourth-order valence-electron chi connectivity index (χ4n) is 2.34. The Morgan fingerprint density at radius 2 is 1.32 bits per heavy atom. The highest BCUT2D eigenvalue weighted by atomic mass is 16.2. The molecule has 3 rings (SSSR count). The average Bonchev–Trinajstić information content (AvgIpc) is 3.10. The standard InChI is InChI=1S/C18H14N2O2/c21-16(13-7-3-1-4-8-13)15(18-19-11-12-20-18)17(22)14-9-5-2-6-10-14/h1-12,15H,(H,19,20). The van der Waals surface area contributed by atoms with Crippen molar-refractivity contribution >= 4 is 11.6 Å². The van der Waals surface area contributed by atoms with E-state index in [1.165, 1.54) is 0 Å². The predicted molar refractivity (Wildman–Crippen MR) is 82.9 cm³/mol. The van der Waals surface area contributed by atoms with Crippen molar-refractivity contribution in [3.8, 4) is 0 Å². The summed E-state index contributed by atoms with van der Waals surface area (Å²) in [5, 5.41) is 0. The van der Waals surface area contributed by atoms with E-state index in [0.29, 0.717) is 17.0 Å². The summed E-state index contributed by atoms with van der Waals surface area (Å²) in [7, 11) is 0. The first-order valence-electron chi connectivity index (χ1n) is 6.95. The molecule has 4 nitrogen and oxygen atoms in total. The number of carbonyl (C=O) groups is 2. The zero-order chi connectivity index (χ0) is 15.4. The van der Waals surface area contributed by atoms with Crippen LogP contribution in [0.4, 0.5) is 0 Å². The monoisotopic (exact) mass is 290 g/mol. The highest BCUT2D eigenvalue weighted by Gasteiger charge is 2.32. The van der Waals surface area contributed by atoms with Gasteiger partial charge in [0.25, 0.3) is 0 Å². The lowest BCUT2D eigenvalue weighted by molar-refractivity contribution is 0.0856. The lowest BCUT2D eigenvalue weighted by Gasteiger charge is -2.13. The highest BCUT2D eigenvalue weighted by Crippen LogP contribution is 2.23. The van der Waals surface area contributed by atoms with Crippen LogP contribution >= 0.6 is 0 Å². The SMILES string of the molecule is O=C(c1ccccc1)C(C(=O)c1ccccc1)c1ncc[nH]1. The third kappa shape index (κ3) is 2.72. The Morgan fingerprint density at radius 3 is 1.73 bits per heavy atom. The van der Waals surface area contributed by atoms with Crippen LogP contribution in [0.2, 0.25) is 0 Å². The van der Waals surface area contributed by atoms with Crippen molar-refractivity contribution in [2.45, 2.75) is 5.92 Å². The zero-order valence-corrected chi connectivity index (χ0v) is 11.8. The van der Waals surface area contributed by atoms with Gasteiger partial charge in [-0.2, -0.15) is 0 Å². The summed E-state index contributed by atoms with van der Waals surface area (Å²) in [6.45, 7) is 0. The minimum Gasteiger partial charge on any atom is -0.348 e. The second kappa shape index (κ2) is 6.18. The summed E-state index contributed by atoms with van der Waals surface area (Å²) in [5.74, 6) is -1.11. The number of ketones is 2. The van der Waals surface area contributed by atoms with E-state index in [0.717, 1.165) is 0 Å². The first kappa shape index (κ1) is 13.9. The van der Waals surface area contributed by atoms with Gasteiger partial charge in [0.15, 0.2) is 11.6 Å². The van der Waals surface area contributed by atoms with Crippen molar-refractivity contribution in [3.63, 3.8) is 0 Å². The number of aromatic nitrogens is 2. The van der Waals surface area contributed by atoms with E-state index in [4.69, 9.17) is 0 Å². The van der Waals surface area contributed by atoms with E-state index < -0.39 is 5.92 Å². The minimum absolute atomic E-state index is 0.260. The van der Waals surface area contributed by atoms with Gasteiger partial charge >= 0.3 is 0 Å². The van der Waals surface area contributed by atoms with E-state index in [1.54, 1.807) is 60.9 Å². The smallest absolute Gasteiger partial charge is 0.181 e. The molecule has 0 saturated carbocycles. The van der Waals surface area contributed by atoms with Gasteiger partial charge in [0.1, 0.15) is 11.7 Å². The van der Waals surface area contributed by atoms with Gasteiger partial charge in [-0.1, -0.05) is 60.7 Å². The highest BCUT2D eigenvalue weighted by molar-refractivity contribution is 6.19. The Labute approximate surface area is 127 Å². The molecule has 0 aliphatic heterocycles. The van der Waals surface area contributed by atoms with Crippen LogP contribution in [-0.4, -0.2) is 21.5 Å². The number of nitrogens with zero attached hydrogens (tertiary/aromatic N) is 1. The van der Waals surface area contributed by atoms with Crippen LogP contribution in [0.15, 0.2) is 73.1 Å². The molecule has 108 valence electrons. The summed E-state index contributed by atoms with van der Waals surface area (Å²) in [6, 6.07) is 17.6. The number of H-pyrrole nitrogens is 1. The molecule has 0 amide bonds. The fraction of sp³-hybridized carbons (Fsp3) is 0.0556. The van der Waals surface area contributed by atoms with Crippen LogP contribution < -0.4 is 0 Å². The molecular formula is C18H14N2O2. The summed E-state index contributed by atoms with van der Waals surface area (Å²) in [5.41, 5.74) is 0.987. The van der Waals surface area contributed by atoms with Gasteiger partial charge in [0.05, 0.1) is 0 Å². The van der Waals surface area contributed by atoms with Gasteiger partial charge in [0.2, 0.25) is 0 Å². The summed E-state index contributed by atoms with van der Waals surface area (Å²) < 4.78 is 0. The maximum Gasteiger partial charge on any atom is 0.181 e. The Bertz CT molecular complexity index is 714. The van der Waals surface area contributed by atoms with Crippen LogP contribution in [0.1, 0.15) is 32.5 Å². The number of Topliss-reactive ketones (excluding diaryl/α,β-unsaturated/α-hetero) is 2. The molecule has 0 saturated heterocycles. The van der Waals surface area contributed by atoms with E-state index in [9.17, 15) is 9.59 Å². The number of rotatable bonds is 5. The first-order valence-corrected chi connectivity index (χ1v) is 6.95. The van der Waals surface area contributed by atoms with Gasteiger partial charge in [-0.25, -0.2) is 4.98 Å². The second-order valence-corrected chi connectivity index (χ2v) is 4.87. The van der Waals surface area contributed by atoms with Crippen LogP contribution in [0.3, 0.4) is 0 Å². The lowest BCUT2D eigenvalue weighted by atomic mass is 9.89. The Kier molecular flexibility index (Phi) is 3.92. The molecule has 0 unspecified atom stereocenters. The van der Waals surface area contributed by atoms with E-state index >= 15 is 0 Å². The molecule has 0 atom stereocenters. The zero-order valence-electron chi connectivity index (χ0n) is 11.8. The molecule has 4 heteroatoms. The van der Waals surface area contributed by atoms with Crippen LogP contribution in [0.25, 0.3) is 0 Å². The van der Waals surface area contributed by atoms with E-state index in [-0.39, 0.29) is 11.6 Å². The van der Waals surface area contributed by atoms with Gasteiger partial charge in [-0.05, 0) is 0 Å². The van der Waals surface area contributed by atoms with Crippen molar-refractivity contribution in [2.75, 3.05) is 0 Å². The van der Waals surface area contributed by atoms with E-state index in [1.807, 2.05) is 12.1 Å². The van der Waals surface area contributed by atoms with Crippen LogP contribution in [0.5, 0.6) is 0 Å². The normalized spacial score (nSPS) is 10.6. The maximum absolute atomic E-state index is 12.8. The predicted octanol–water partition coefficient (Wildman–Crippen LogP) is 3.26. The van der Waals surface area contributed by atoms with Gasteiger partial charge < -0.3 is 4.98 Å². The summed E-state index contributed by atoms with van der Waals surface area (Å²) in [6.07, 6.45) is 3.15. The molecule has 1 heterocycles. The quantitative estimate of drug-likeness (QED) is 0.579. The summed E-state index contributed by atoms with van der Waals surface area (Å²) >= 11 is 0. The molecule has 1 N–H and O–H groups in total. The molecule has 0 bridgehead atoms. The minimum atomic E-state index is -0.959. The molecule has 0 radical (unpaired) electrons. The Hall–Kier alpha value is -3.01. The van der Waals surface area contributed by atoms with Gasteiger partial charge in [-0.3, -0.25) is 9.59 Å². The third-order valence-corrected chi connectivity index (χ3v) is 3.43. The van der Waals surface area contributed by atoms with Crippen molar-refractivity contribution in [2.24, 2.45) is 0 Å². The van der Waals surface area contributed by atoms with Crippen LogP contribution in [-0.2, 0) is 0 Å². The number of aromatic amines is 1.